The molecule has 0 saturated carbocycles. The lowest BCUT2D eigenvalue weighted by Crippen LogP contribution is -1.94. The standard InChI is InChI=1S/C47H29N3/c48-30-31-18-20-32(21-19-31)33-22-25-36(26-23-33)49-43-16-8-6-13-38(43)42-28-34(24-27-45(42)49)41-29-46-47(39-14-5-4-12-37(39)41)40-15-7-9-17-44(40)50(46)35-10-2-1-3-11-35/h1-29H. The topological polar surface area (TPSA) is 33.6 Å². The first-order chi connectivity index (χ1) is 24.8. The van der Waals surface area contributed by atoms with Crippen LogP contribution in [0.2, 0.25) is 0 Å². The summed E-state index contributed by atoms with van der Waals surface area (Å²) in [5.74, 6) is 0. The number of para-hydroxylation sites is 3. The second-order valence-corrected chi connectivity index (χ2v) is 12.9. The van der Waals surface area contributed by atoms with Gasteiger partial charge in [0, 0.05) is 32.9 Å². The molecule has 0 unspecified atom stereocenters. The van der Waals surface area contributed by atoms with Gasteiger partial charge in [-0.3, -0.25) is 0 Å². The van der Waals surface area contributed by atoms with E-state index >= 15 is 0 Å². The molecule has 2 heterocycles. The fourth-order valence-electron chi connectivity index (χ4n) is 7.88. The quantitative estimate of drug-likeness (QED) is 0.189. The smallest absolute Gasteiger partial charge is 0.0991 e. The van der Waals surface area contributed by atoms with Gasteiger partial charge in [-0.1, -0.05) is 109 Å². The van der Waals surface area contributed by atoms with E-state index in [9.17, 15) is 5.26 Å². The van der Waals surface area contributed by atoms with E-state index in [1.807, 2.05) is 24.3 Å². The minimum atomic E-state index is 0.668. The van der Waals surface area contributed by atoms with Crippen LogP contribution in [0.1, 0.15) is 5.56 Å². The number of nitrogens with zero attached hydrogens (tertiary/aromatic N) is 3. The highest BCUT2D eigenvalue weighted by Crippen LogP contribution is 2.43. The van der Waals surface area contributed by atoms with Crippen LogP contribution in [0.5, 0.6) is 0 Å². The first kappa shape index (κ1) is 28.2. The molecule has 0 aliphatic carbocycles. The molecule has 0 fully saturated rings. The van der Waals surface area contributed by atoms with Gasteiger partial charge in [-0.05, 0) is 99.8 Å². The molecular formula is C47H29N3. The van der Waals surface area contributed by atoms with Crippen LogP contribution in [-0.4, -0.2) is 9.13 Å². The Morgan fingerprint density at radius 2 is 0.880 bits per heavy atom. The number of fused-ring (bicyclic) bond motifs is 8. The monoisotopic (exact) mass is 635 g/mol. The van der Waals surface area contributed by atoms with Crippen molar-refractivity contribution in [3.63, 3.8) is 0 Å². The Labute approximate surface area is 289 Å². The van der Waals surface area contributed by atoms with Crippen LogP contribution < -0.4 is 0 Å². The molecule has 0 aliphatic heterocycles. The Bertz CT molecular complexity index is 2960. The Morgan fingerprint density at radius 1 is 0.360 bits per heavy atom. The van der Waals surface area contributed by atoms with Crippen molar-refractivity contribution >= 4 is 54.4 Å². The zero-order valence-electron chi connectivity index (χ0n) is 27.1. The molecule has 0 atom stereocenters. The minimum absolute atomic E-state index is 0.668. The second-order valence-electron chi connectivity index (χ2n) is 12.9. The maximum atomic E-state index is 9.21. The molecule has 0 spiro atoms. The van der Waals surface area contributed by atoms with Crippen LogP contribution in [0.3, 0.4) is 0 Å². The fraction of sp³-hybridized carbons (Fsp3) is 0. The van der Waals surface area contributed by atoms with Crippen molar-refractivity contribution in [1.29, 1.82) is 5.26 Å². The van der Waals surface area contributed by atoms with Crippen molar-refractivity contribution in [2.45, 2.75) is 0 Å². The first-order valence-corrected chi connectivity index (χ1v) is 16.9. The van der Waals surface area contributed by atoms with Gasteiger partial charge in [0.2, 0.25) is 0 Å². The van der Waals surface area contributed by atoms with Crippen molar-refractivity contribution in [2.24, 2.45) is 0 Å². The molecule has 0 radical (unpaired) electrons. The number of aromatic nitrogens is 2. The summed E-state index contributed by atoms with van der Waals surface area (Å²) in [6.45, 7) is 0. The maximum absolute atomic E-state index is 9.21. The lowest BCUT2D eigenvalue weighted by Gasteiger charge is -2.13. The van der Waals surface area contributed by atoms with Crippen molar-refractivity contribution in [3.8, 4) is 39.7 Å². The Hall–Kier alpha value is -6.89. The van der Waals surface area contributed by atoms with Gasteiger partial charge >= 0.3 is 0 Å². The Balaban J connectivity index is 1.19. The van der Waals surface area contributed by atoms with Crippen LogP contribution >= 0.6 is 0 Å². The molecule has 0 N–H and O–H groups in total. The normalized spacial score (nSPS) is 11.6. The molecule has 3 heteroatoms. The van der Waals surface area contributed by atoms with Crippen LogP contribution in [0, 0.1) is 11.3 Å². The number of hydrogen-bond donors (Lipinski definition) is 0. The first-order valence-electron chi connectivity index (χ1n) is 16.9. The summed E-state index contributed by atoms with van der Waals surface area (Å²) in [5, 5.41) is 16.7. The SMILES string of the molecule is N#Cc1ccc(-c2ccc(-n3c4ccccc4c4cc(-c5cc6c(c7ccccc57)c5ccccc5n6-c5ccccc5)ccc43)cc2)cc1. The Morgan fingerprint density at radius 3 is 1.60 bits per heavy atom. The molecule has 0 bridgehead atoms. The lowest BCUT2D eigenvalue weighted by molar-refractivity contribution is 1.18. The maximum Gasteiger partial charge on any atom is 0.0991 e. The van der Waals surface area contributed by atoms with Crippen molar-refractivity contribution in [1.82, 2.24) is 9.13 Å². The summed E-state index contributed by atoms with van der Waals surface area (Å²) < 4.78 is 4.78. The van der Waals surface area contributed by atoms with Crippen LogP contribution in [0.25, 0.3) is 88.0 Å². The third-order valence-corrected chi connectivity index (χ3v) is 10.1. The second kappa shape index (κ2) is 11.1. The summed E-state index contributed by atoms with van der Waals surface area (Å²) in [6, 6.07) is 65.0. The van der Waals surface area contributed by atoms with Gasteiger partial charge < -0.3 is 9.13 Å². The summed E-state index contributed by atoms with van der Waals surface area (Å²) in [5.41, 5.74) is 12.3. The summed E-state index contributed by atoms with van der Waals surface area (Å²) in [6.07, 6.45) is 0. The fourth-order valence-corrected chi connectivity index (χ4v) is 7.88. The molecule has 8 aromatic carbocycles. The van der Waals surface area contributed by atoms with E-state index in [0.717, 1.165) is 22.5 Å². The van der Waals surface area contributed by atoms with E-state index in [-0.39, 0.29) is 0 Å². The van der Waals surface area contributed by atoms with E-state index in [2.05, 4.69) is 167 Å². The molecule has 50 heavy (non-hydrogen) atoms. The van der Waals surface area contributed by atoms with E-state index in [0.29, 0.717) is 5.56 Å². The predicted molar refractivity (Wildman–Crippen MR) is 208 cm³/mol. The van der Waals surface area contributed by atoms with E-state index in [4.69, 9.17) is 0 Å². The van der Waals surface area contributed by atoms with Gasteiger partial charge in [0.1, 0.15) is 0 Å². The molecule has 3 nitrogen and oxygen atoms in total. The highest BCUT2D eigenvalue weighted by atomic mass is 15.0. The minimum Gasteiger partial charge on any atom is -0.309 e. The predicted octanol–water partition coefficient (Wildman–Crippen LogP) is 12.2. The molecule has 2 aromatic heterocycles. The van der Waals surface area contributed by atoms with E-state index in [1.54, 1.807) is 0 Å². The molecule has 0 aliphatic rings. The lowest BCUT2D eigenvalue weighted by atomic mass is 9.94. The van der Waals surface area contributed by atoms with Crippen molar-refractivity contribution < 1.29 is 0 Å². The molecular weight excluding hydrogens is 607 g/mol. The zero-order chi connectivity index (χ0) is 33.2. The highest BCUT2D eigenvalue weighted by molar-refractivity contribution is 6.24. The molecule has 10 aromatic rings. The van der Waals surface area contributed by atoms with Crippen molar-refractivity contribution in [2.75, 3.05) is 0 Å². The summed E-state index contributed by atoms with van der Waals surface area (Å²) in [4.78, 5) is 0. The van der Waals surface area contributed by atoms with Gasteiger partial charge in [-0.15, -0.1) is 0 Å². The van der Waals surface area contributed by atoms with Gasteiger partial charge in [-0.25, -0.2) is 0 Å². The van der Waals surface area contributed by atoms with Crippen LogP contribution in [-0.2, 0) is 0 Å². The van der Waals surface area contributed by atoms with E-state index in [1.165, 1.54) is 65.5 Å². The summed E-state index contributed by atoms with van der Waals surface area (Å²) >= 11 is 0. The third kappa shape index (κ3) is 4.23. The molecule has 0 saturated heterocycles. The third-order valence-electron chi connectivity index (χ3n) is 10.1. The van der Waals surface area contributed by atoms with Gasteiger partial charge in [0.05, 0.1) is 33.7 Å². The Kier molecular flexibility index (Phi) is 6.24. The molecule has 232 valence electrons. The number of nitriles is 1. The molecule has 10 rings (SSSR count). The van der Waals surface area contributed by atoms with Crippen molar-refractivity contribution in [3.05, 3.63) is 181 Å². The number of rotatable bonds is 4. The largest absolute Gasteiger partial charge is 0.309 e. The van der Waals surface area contributed by atoms with Gasteiger partial charge in [0.25, 0.3) is 0 Å². The number of hydrogen-bond acceptors (Lipinski definition) is 1. The zero-order valence-corrected chi connectivity index (χ0v) is 27.1. The van der Waals surface area contributed by atoms with Crippen LogP contribution in [0.15, 0.2) is 176 Å². The summed E-state index contributed by atoms with van der Waals surface area (Å²) in [7, 11) is 0. The van der Waals surface area contributed by atoms with E-state index < -0.39 is 0 Å². The van der Waals surface area contributed by atoms with Crippen LogP contribution in [0.4, 0.5) is 0 Å². The molecule has 0 amide bonds. The van der Waals surface area contributed by atoms with Gasteiger partial charge in [0.15, 0.2) is 0 Å². The number of benzene rings is 8. The van der Waals surface area contributed by atoms with Gasteiger partial charge in [-0.2, -0.15) is 5.26 Å². The average molecular weight is 636 g/mol. The average Bonchev–Trinajstić information content (AvgIpc) is 3.71. The highest BCUT2D eigenvalue weighted by Gasteiger charge is 2.19.